The van der Waals surface area contributed by atoms with E-state index in [0.717, 1.165) is 18.9 Å². The molecule has 0 aromatic heterocycles. The zero-order valence-electron chi connectivity index (χ0n) is 26.6. The summed E-state index contributed by atoms with van der Waals surface area (Å²) in [7, 11) is 0.183. The van der Waals surface area contributed by atoms with Crippen LogP contribution in [0.15, 0.2) is 41.3 Å². The van der Waals surface area contributed by atoms with Gasteiger partial charge in [-0.15, -0.1) is 0 Å². The number of Topliss-reactive ketones (excluding diaryl/α,β-unsaturated/α-hetero) is 2. The molecule has 1 amide bonds. The van der Waals surface area contributed by atoms with Crippen LogP contribution in [0.5, 0.6) is 0 Å². The molecule has 2 rings (SSSR count). The van der Waals surface area contributed by atoms with E-state index >= 15 is 0 Å². The number of rotatable bonds is 16. The molecule has 0 aliphatic rings. The highest BCUT2D eigenvalue weighted by atomic mass is 32.2. The molecule has 238 valence electrons. The predicted molar refractivity (Wildman–Crippen MR) is 168 cm³/mol. The number of carbonyl (C=O) groups excluding carboxylic acids is 3. The van der Waals surface area contributed by atoms with Crippen LogP contribution in [0, 0.1) is 11.8 Å². The number of benzene rings is 2. The molecular weight excluding hydrogens is 558 g/mol. The molecule has 1 N–H and O–H groups in total. The fourth-order valence-corrected chi connectivity index (χ4v) is 5.88. The standard InChI is InChI=1S/C24H33NO6S.C8H16O2.H2/c1-17(2)16-24(30-4,18(3)26)15-9-8-12-22(27)25-21-14-13-19-10-6-7-11-20(19)23(21)32(28,29)31-5;1-6(2)5-8(10-4)7(3)9;/h6-7,10-11,13-14,17H,8-9,12,15-16H2,1-5H3,(H,25,27);6,8H,5H2,1-4H3;1H. The van der Waals surface area contributed by atoms with Gasteiger partial charge in [-0.2, -0.15) is 8.42 Å². The van der Waals surface area contributed by atoms with Gasteiger partial charge in [-0.05, 0) is 69.2 Å². The summed E-state index contributed by atoms with van der Waals surface area (Å²) in [5.74, 6) is 0.632. The number of amides is 1. The number of unbranched alkanes of at least 4 members (excludes halogenated alkanes) is 1. The molecule has 0 radical (unpaired) electrons. The summed E-state index contributed by atoms with van der Waals surface area (Å²) in [6, 6.07) is 10.3. The average Bonchev–Trinajstić information content (AvgIpc) is 2.92. The Morgan fingerprint density at radius 2 is 1.57 bits per heavy atom. The van der Waals surface area contributed by atoms with Crippen LogP contribution in [0.1, 0.15) is 81.5 Å². The summed E-state index contributed by atoms with van der Waals surface area (Å²) in [6.45, 7) is 11.3. The lowest BCUT2D eigenvalue weighted by Crippen LogP contribution is -2.40. The maximum atomic E-state index is 12.6. The highest BCUT2D eigenvalue weighted by Crippen LogP contribution is 2.32. The first-order valence-electron chi connectivity index (χ1n) is 14.4. The van der Waals surface area contributed by atoms with E-state index in [4.69, 9.17) is 13.7 Å². The molecule has 2 atom stereocenters. The number of anilines is 1. The molecule has 10 heteroatoms. The second-order valence-electron chi connectivity index (χ2n) is 11.4. The van der Waals surface area contributed by atoms with Crippen molar-refractivity contribution in [1.29, 1.82) is 0 Å². The van der Waals surface area contributed by atoms with Gasteiger partial charge < -0.3 is 14.8 Å². The molecule has 2 aromatic carbocycles. The number of fused-ring (bicyclic) bond motifs is 1. The Kier molecular flexibility index (Phi) is 15.5. The monoisotopic (exact) mass is 609 g/mol. The summed E-state index contributed by atoms with van der Waals surface area (Å²) in [5, 5.41) is 3.92. The Morgan fingerprint density at radius 1 is 0.929 bits per heavy atom. The molecular formula is C32H51NO8S. The highest BCUT2D eigenvalue weighted by molar-refractivity contribution is 7.87. The van der Waals surface area contributed by atoms with Crippen molar-refractivity contribution in [1.82, 2.24) is 0 Å². The van der Waals surface area contributed by atoms with Gasteiger partial charge >= 0.3 is 0 Å². The molecule has 2 aromatic rings. The van der Waals surface area contributed by atoms with Crippen molar-refractivity contribution in [2.45, 2.75) is 96.7 Å². The van der Waals surface area contributed by atoms with Gasteiger partial charge in [0.15, 0.2) is 11.6 Å². The molecule has 0 saturated carbocycles. The minimum atomic E-state index is -4.04. The SMILES string of the molecule is COC(CC(C)C)C(C)=O.COC(CCCCC(=O)Nc1ccc2ccccc2c1S(=O)(=O)OC)(CC(C)C)C(C)=O.[HH]. The molecule has 0 spiro atoms. The Balaban J connectivity index is 0.00000137. The number of carbonyl (C=O) groups is 3. The van der Waals surface area contributed by atoms with Gasteiger partial charge in [0.05, 0.1) is 12.8 Å². The third-order valence-electron chi connectivity index (χ3n) is 7.05. The van der Waals surface area contributed by atoms with Crippen LogP contribution in [-0.2, 0) is 38.2 Å². The van der Waals surface area contributed by atoms with Crippen LogP contribution in [0.25, 0.3) is 10.8 Å². The van der Waals surface area contributed by atoms with Crippen LogP contribution in [0.3, 0.4) is 0 Å². The van der Waals surface area contributed by atoms with E-state index in [9.17, 15) is 22.8 Å². The van der Waals surface area contributed by atoms with E-state index in [2.05, 4.69) is 19.2 Å². The third-order valence-corrected chi connectivity index (χ3v) is 8.43. The lowest BCUT2D eigenvalue weighted by molar-refractivity contribution is -0.142. The Hall–Kier alpha value is -2.66. The molecule has 0 aliphatic heterocycles. The van der Waals surface area contributed by atoms with Gasteiger partial charge in [-0.25, -0.2) is 0 Å². The predicted octanol–water partition coefficient (Wildman–Crippen LogP) is 6.58. The topological polar surface area (TPSA) is 125 Å². The minimum Gasteiger partial charge on any atom is -0.374 e. The van der Waals surface area contributed by atoms with E-state index in [0.29, 0.717) is 42.9 Å². The lowest BCUT2D eigenvalue weighted by atomic mass is 9.84. The van der Waals surface area contributed by atoms with Crippen LogP contribution in [0.4, 0.5) is 5.69 Å². The van der Waals surface area contributed by atoms with Gasteiger partial charge in [-0.3, -0.25) is 18.6 Å². The summed E-state index contributed by atoms with van der Waals surface area (Å²) < 4.78 is 40.4. The molecule has 0 fully saturated rings. The minimum absolute atomic E-state index is 0. The molecule has 0 saturated heterocycles. The largest absolute Gasteiger partial charge is 0.374 e. The van der Waals surface area contributed by atoms with Crippen LogP contribution in [-0.4, -0.2) is 58.9 Å². The third kappa shape index (κ3) is 11.2. The van der Waals surface area contributed by atoms with Gasteiger partial charge in [0, 0.05) is 27.5 Å². The number of ether oxygens (including phenoxy) is 2. The second kappa shape index (κ2) is 17.5. The van der Waals surface area contributed by atoms with E-state index < -0.39 is 15.7 Å². The highest BCUT2D eigenvalue weighted by Gasteiger charge is 2.35. The number of hydrogen-bond acceptors (Lipinski definition) is 8. The molecule has 9 nitrogen and oxygen atoms in total. The van der Waals surface area contributed by atoms with Crippen LogP contribution >= 0.6 is 0 Å². The zero-order valence-corrected chi connectivity index (χ0v) is 27.4. The number of ketones is 2. The van der Waals surface area contributed by atoms with Gasteiger partial charge in [0.2, 0.25) is 5.91 Å². The first kappa shape index (κ1) is 37.4. The molecule has 0 heterocycles. The van der Waals surface area contributed by atoms with Crippen molar-refractivity contribution in [3.05, 3.63) is 36.4 Å². The van der Waals surface area contributed by atoms with Gasteiger partial charge in [0.25, 0.3) is 10.1 Å². The van der Waals surface area contributed by atoms with E-state index in [1.165, 1.54) is 6.92 Å². The normalized spacial score (nSPS) is 13.8. The van der Waals surface area contributed by atoms with Gasteiger partial charge in [0.1, 0.15) is 16.6 Å². The maximum Gasteiger partial charge on any atom is 0.299 e. The fraction of sp³-hybridized carbons (Fsp3) is 0.594. The van der Waals surface area contributed by atoms with Crippen molar-refractivity contribution in [3.8, 4) is 0 Å². The zero-order chi connectivity index (χ0) is 32.1. The van der Waals surface area contributed by atoms with Crippen molar-refractivity contribution >= 4 is 44.1 Å². The average molecular weight is 610 g/mol. The first-order chi connectivity index (χ1) is 19.6. The summed E-state index contributed by atoms with van der Waals surface area (Å²) in [5.41, 5.74) is -0.645. The summed E-state index contributed by atoms with van der Waals surface area (Å²) >= 11 is 0. The van der Waals surface area contributed by atoms with E-state index in [1.807, 2.05) is 19.9 Å². The van der Waals surface area contributed by atoms with Crippen LogP contribution in [0.2, 0.25) is 0 Å². The Morgan fingerprint density at radius 3 is 2.05 bits per heavy atom. The van der Waals surface area contributed by atoms with Crippen molar-refractivity contribution in [3.63, 3.8) is 0 Å². The number of nitrogens with one attached hydrogen (secondary N) is 1. The van der Waals surface area contributed by atoms with Gasteiger partial charge in [-0.1, -0.05) is 58.0 Å². The van der Waals surface area contributed by atoms with Crippen molar-refractivity contribution in [2.24, 2.45) is 11.8 Å². The van der Waals surface area contributed by atoms with Crippen LogP contribution < -0.4 is 5.32 Å². The number of methoxy groups -OCH3 is 2. The summed E-state index contributed by atoms with van der Waals surface area (Å²) in [6.07, 6.45) is 3.16. The van der Waals surface area contributed by atoms with Crippen molar-refractivity contribution in [2.75, 3.05) is 26.6 Å². The maximum absolute atomic E-state index is 12.6. The Bertz CT molecular complexity index is 1300. The molecule has 42 heavy (non-hydrogen) atoms. The number of hydrogen-bond donors (Lipinski definition) is 1. The first-order valence-corrected chi connectivity index (χ1v) is 15.8. The van der Waals surface area contributed by atoms with Crippen molar-refractivity contribution < 1.29 is 37.9 Å². The molecule has 0 bridgehead atoms. The lowest BCUT2D eigenvalue weighted by Gasteiger charge is -2.31. The quantitative estimate of drug-likeness (QED) is 0.167. The smallest absolute Gasteiger partial charge is 0.299 e. The summed E-state index contributed by atoms with van der Waals surface area (Å²) in [4.78, 5) is 35.5. The van der Waals surface area contributed by atoms with E-state index in [-0.39, 0.29) is 42.0 Å². The molecule has 0 aliphatic carbocycles. The fourth-order valence-electron chi connectivity index (χ4n) is 4.87. The van der Waals surface area contributed by atoms with E-state index in [1.54, 1.807) is 51.5 Å². The Labute approximate surface area is 253 Å². The molecule has 2 unspecified atom stereocenters. The second-order valence-corrected chi connectivity index (χ2v) is 13.0.